The molecule has 23 heavy (non-hydrogen) atoms. The Hall–Kier alpha value is -2.93. The first-order chi connectivity index (χ1) is 11.1. The van der Waals surface area contributed by atoms with Gasteiger partial charge in [0.2, 0.25) is 0 Å². The van der Waals surface area contributed by atoms with Gasteiger partial charge in [0.25, 0.3) is 11.8 Å². The van der Waals surface area contributed by atoms with Crippen LogP contribution in [0.5, 0.6) is 0 Å². The van der Waals surface area contributed by atoms with Crippen LogP contribution in [0.1, 0.15) is 15.9 Å². The number of benzene rings is 1. The van der Waals surface area contributed by atoms with E-state index in [1.165, 1.54) is 17.4 Å². The first-order valence-electron chi connectivity index (χ1n) is 6.66. The molecule has 0 saturated heterocycles. The van der Waals surface area contributed by atoms with Crippen LogP contribution in [0.15, 0.2) is 53.2 Å². The van der Waals surface area contributed by atoms with Crippen molar-refractivity contribution in [3.05, 3.63) is 64.4 Å². The normalized spacial score (nSPS) is 10.3. The maximum atomic E-state index is 11.7. The van der Waals surface area contributed by atoms with Crippen LogP contribution in [0.3, 0.4) is 0 Å². The van der Waals surface area contributed by atoms with E-state index in [1.807, 2.05) is 16.8 Å². The third kappa shape index (κ3) is 5.76. The highest BCUT2D eigenvalue weighted by Crippen LogP contribution is 2.07. The molecule has 7 heteroatoms. The highest BCUT2D eigenvalue weighted by atomic mass is 32.1. The van der Waals surface area contributed by atoms with Crippen LogP contribution < -0.4 is 10.9 Å². The third-order valence-corrected chi connectivity index (χ3v) is 3.35. The second-order valence-corrected chi connectivity index (χ2v) is 5.15. The van der Waals surface area contributed by atoms with Gasteiger partial charge in [0, 0.05) is 11.6 Å². The van der Waals surface area contributed by atoms with Gasteiger partial charge in [-0.15, -0.1) is 0 Å². The minimum absolute atomic E-state index is 0.406. The summed E-state index contributed by atoms with van der Waals surface area (Å²) in [7, 11) is 0. The summed E-state index contributed by atoms with van der Waals surface area (Å²) in [6.45, 7) is -0.484. The molecule has 0 aliphatic rings. The number of thiophene rings is 1. The Bertz CT molecular complexity index is 696. The zero-order chi connectivity index (χ0) is 16.5. The quantitative estimate of drug-likeness (QED) is 0.497. The van der Waals surface area contributed by atoms with Gasteiger partial charge in [0.1, 0.15) is 0 Å². The Balaban J connectivity index is 1.69. The summed E-state index contributed by atoms with van der Waals surface area (Å²) in [5.74, 6) is -1.73. The van der Waals surface area contributed by atoms with Crippen LogP contribution in [0.4, 0.5) is 0 Å². The van der Waals surface area contributed by atoms with E-state index in [1.54, 1.807) is 36.4 Å². The van der Waals surface area contributed by atoms with Crippen LogP contribution in [-0.4, -0.2) is 24.4 Å². The first-order valence-corrected chi connectivity index (χ1v) is 7.60. The van der Waals surface area contributed by atoms with Gasteiger partial charge >= 0.3 is 5.97 Å². The number of ether oxygens (including phenoxy) is 1. The fourth-order valence-corrected chi connectivity index (χ4v) is 2.17. The number of esters is 1. The monoisotopic (exact) mass is 330 g/mol. The van der Waals surface area contributed by atoms with Crippen molar-refractivity contribution in [2.24, 2.45) is 0 Å². The molecule has 0 aliphatic carbocycles. The fraction of sp³-hybridized carbons (Fsp3) is 0.0625. The van der Waals surface area contributed by atoms with Crippen molar-refractivity contribution < 1.29 is 19.1 Å². The molecule has 0 atom stereocenters. The molecule has 0 saturated carbocycles. The Morgan fingerprint density at radius 3 is 2.57 bits per heavy atom. The van der Waals surface area contributed by atoms with E-state index in [4.69, 9.17) is 4.74 Å². The van der Waals surface area contributed by atoms with Crippen LogP contribution in [0.25, 0.3) is 6.08 Å². The molecule has 2 amide bonds. The third-order valence-electron chi connectivity index (χ3n) is 2.65. The predicted octanol–water partition coefficient (Wildman–Crippen LogP) is 1.77. The van der Waals surface area contributed by atoms with Crippen molar-refractivity contribution in [2.45, 2.75) is 0 Å². The minimum atomic E-state index is -0.638. The zero-order valence-corrected chi connectivity index (χ0v) is 12.8. The Morgan fingerprint density at radius 2 is 1.87 bits per heavy atom. The van der Waals surface area contributed by atoms with E-state index >= 15 is 0 Å². The summed E-state index contributed by atoms with van der Waals surface area (Å²) in [6.07, 6.45) is 2.83. The van der Waals surface area contributed by atoms with E-state index in [9.17, 15) is 14.4 Å². The molecule has 0 unspecified atom stereocenters. The summed E-state index contributed by atoms with van der Waals surface area (Å²) in [4.78, 5) is 34.6. The molecule has 0 spiro atoms. The van der Waals surface area contributed by atoms with Crippen molar-refractivity contribution in [1.29, 1.82) is 0 Å². The highest BCUT2D eigenvalue weighted by molar-refractivity contribution is 7.08. The number of hydrogen-bond donors (Lipinski definition) is 2. The molecule has 0 fully saturated rings. The van der Waals surface area contributed by atoms with E-state index in [2.05, 4.69) is 10.9 Å². The summed E-state index contributed by atoms with van der Waals surface area (Å²) in [5, 5.41) is 3.75. The first kappa shape index (κ1) is 16.4. The average Bonchev–Trinajstić information content (AvgIpc) is 3.10. The largest absolute Gasteiger partial charge is 0.452 e. The summed E-state index contributed by atoms with van der Waals surface area (Å²) >= 11 is 1.51. The van der Waals surface area contributed by atoms with Gasteiger partial charge in [0.15, 0.2) is 6.61 Å². The fourth-order valence-electron chi connectivity index (χ4n) is 1.54. The number of hydrogen-bond acceptors (Lipinski definition) is 5. The van der Waals surface area contributed by atoms with Gasteiger partial charge in [-0.05, 0) is 40.6 Å². The molecular formula is C16H14N2O4S. The average molecular weight is 330 g/mol. The van der Waals surface area contributed by atoms with E-state index in [0.717, 1.165) is 5.56 Å². The van der Waals surface area contributed by atoms with Gasteiger partial charge < -0.3 is 4.74 Å². The number of carbonyl (C=O) groups is 3. The lowest BCUT2D eigenvalue weighted by atomic mass is 10.2. The van der Waals surface area contributed by atoms with Crippen LogP contribution in [0, 0.1) is 0 Å². The topological polar surface area (TPSA) is 84.5 Å². The van der Waals surface area contributed by atoms with Crippen LogP contribution >= 0.6 is 11.3 Å². The molecule has 2 rings (SSSR count). The summed E-state index contributed by atoms with van der Waals surface area (Å²) in [6, 6.07) is 10.3. The second kappa shape index (κ2) is 8.50. The molecule has 1 aromatic carbocycles. The summed E-state index contributed by atoms with van der Waals surface area (Å²) < 4.78 is 4.75. The van der Waals surface area contributed by atoms with Crippen LogP contribution in [-0.2, 0) is 14.3 Å². The lowest BCUT2D eigenvalue weighted by Gasteiger charge is -2.07. The minimum Gasteiger partial charge on any atom is -0.452 e. The smallest absolute Gasteiger partial charge is 0.331 e. The van der Waals surface area contributed by atoms with E-state index in [-0.39, 0.29) is 0 Å². The molecule has 1 heterocycles. The number of hydrazine groups is 1. The zero-order valence-electron chi connectivity index (χ0n) is 12.0. The van der Waals surface area contributed by atoms with E-state index in [0.29, 0.717) is 5.56 Å². The van der Waals surface area contributed by atoms with Gasteiger partial charge in [-0.1, -0.05) is 18.2 Å². The maximum absolute atomic E-state index is 11.7. The van der Waals surface area contributed by atoms with Crippen molar-refractivity contribution in [3.8, 4) is 0 Å². The number of carbonyl (C=O) groups excluding carboxylic acids is 3. The Kier molecular flexibility index (Phi) is 6.07. The standard InChI is InChI=1S/C16H14N2O4S/c19-14(17-18-16(21)13-4-2-1-3-5-13)10-22-15(20)7-6-12-8-9-23-11-12/h1-9,11H,10H2,(H,17,19)(H,18,21)/b7-6+. The molecule has 1 aromatic heterocycles. The SMILES string of the molecule is O=C(COC(=O)/C=C/c1ccsc1)NNC(=O)c1ccccc1. The molecular weight excluding hydrogens is 316 g/mol. The molecule has 0 radical (unpaired) electrons. The lowest BCUT2D eigenvalue weighted by Crippen LogP contribution is -2.43. The Morgan fingerprint density at radius 1 is 1.09 bits per heavy atom. The summed E-state index contributed by atoms with van der Waals surface area (Å²) in [5.41, 5.74) is 5.69. The van der Waals surface area contributed by atoms with Crippen molar-refractivity contribution in [2.75, 3.05) is 6.61 Å². The number of rotatable bonds is 5. The molecule has 2 aromatic rings. The van der Waals surface area contributed by atoms with Gasteiger partial charge in [-0.3, -0.25) is 20.4 Å². The maximum Gasteiger partial charge on any atom is 0.331 e. The number of amides is 2. The second-order valence-electron chi connectivity index (χ2n) is 4.37. The van der Waals surface area contributed by atoms with Crippen LogP contribution in [0.2, 0.25) is 0 Å². The van der Waals surface area contributed by atoms with Crippen molar-refractivity contribution in [1.82, 2.24) is 10.9 Å². The van der Waals surface area contributed by atoms with Gasteiger partial charge in [-0.2, -0.15) is 11.3 Å². The van der Waals surface area contributed by atoms with Gasteiger partial charge in [0.05, 0.1) is 0 Å². The van der Waals surface area contributed by atoms with Crippen molar-refractivity contribution in [3.63, 3.8) is 0 Å². The van der Waals surface area contributed by atoms with E-state index < -0.39 is 24.4 Å². The molecule has 0 aliphatic heterocycles. The van der Waals surface area contributed by atoms with Gasteiger partial charge in [-0.25, -0.2) is 4.79 Å². The lowest BCUT2D eigenvalue weighted by molar-refractivity contribution is -0.144. The molecule has 6 nitrogen and oxygen atoms in total. The van der Waals surface area contributed by atoms with Crippen molar-refractivity contribution >= 4 is 35.2 Å². The molecule has 2 N–H and O–H groups in total. The molecule has 0 bridgehead atoms. The number of nitrogens with one attached hydrogen (secondary N) is 2. The predicted molar refractivity (Wildman–Crippen MR) is 86.4 cm³/mol. The molecule has 118 valence electrons. The Labute approximate surface area is 136 Å². The highest BCUT2D eigenvalue weighted by Gasteiger charge is 2.08.